The Morgan fingerprint density at radius 2 is 1.79 bits per heavy atom. The quantitative estimate of drug-likeness (QED) is 0.449. The smallest absolute Gasteiger partial charge is 0.155 e. The molecule has 0 amide bonds. The molecule has 1 aromatic carbocycles. The summed E-state index contributed by atoms with van der Waals surface area (Å²) < 4.78 is 30.6. The zero-order chi connectivity index (χ0) is 23.0. The molecule has 2 atom stereocenters. The molecule has 3 heterocycles. The van der Waals surface area contributed by atoms with Gasteiger partial charge in [-0.3, -0.25) is 0 Å². The molecule has 2 bridgehead atoms. The third-order valence-corrected chi connectivity index (χ3v) is 7.61. The molecule has 166 valence electrons. The van der Waals surface area contributed by atoms with Gasteiger partial charge in [-0.25, -0.2) is 23.4 Å². The summed E-state index contributed by atoms with van der Waals surface area (Å²) in [4.78, 5) is 9.20. The molecule has 0 saturated heterocycles. The second-order valence-electron chi connectivity index (χ2n) is 9.47. The first-order valence-corrected chi connectivity index (χ1v) is 11.0. The first kappa shape index (κ1) is 20.1. The van der Waals surface area contributed by atoms with Gasteiger partial charge in [0, 0.05) is 0 Å². The number of aromatic nitrogens is 6. The Labute approximate surface area is 189 Å². The van der Waals surface area contributed by atoms with E-state index in [4.69, 9.17) is 4.98 Å². The molecular formula is C25H22F2N6. The summed E-state index contributed by atoms with van der Waals surface area (Å²) in [5.74, 6) is 0.271. The molecule has 3 aromatic heterocycles. The summed E-state index contributed by atoms with van der Waals surface area (Å²) >= 11 is 0. The van der Waals surface area contributed by atoms with Gasteiger partial charge in [0.1, 0.15) is 23.8 Å². The predicted molar refractivity (Wildman–Crippen MR) is 118 cm³/mol. The normalized spacial score (nSPS) is 22.5. The number of rotatable bonds is 3. The maximum Gasteiger partial charge on any atom is 0.155 e. The Hall–Kier alpha value is -3.55. The highest BCUT2D eigenvalue weighted by Gasteiger charge is 2.65. The van der Waals surface area contributed by atoms with E-state index in [0.29, 0.717) is 11.6 Å². The Bertz CT molecular complexity index is 1390. The topological polar surface area (TPSA) is 69.4 Å². The number of halogens is 2. The van der Waals surface area contributed by atoms with Crippen molar-refractivity contribution < 1.29 is 8.78 Å². The highest BCUT2D eigenvalue weighted by atomic mass is 19.1. The van der Waals surface area contributed by atoms with Crippen molar-refractivity contribution in [2.75, 3.05) is 0 Å². The van der Waals surface area contributed by atoms with Gasteiger partial charge in [-0.1, -0.05) is 26.0 Å². The average Bonchev–Trinajstić information content (AvgIpc) is 3.40. The van der Waals surface area contributed by atoms with Crippen LogP contribution in [0.15, 0.2) is 48.8 Å². The largest absolute Gasteiger partial charge is 0.233 e. The summed E-state index contributed by atoms with van der Waals surface area (Å²) in [5.41, 5.74) is 2.20. The van der Waals surface area contributed by atoms with Gasteiger partial charge in [0.15, 0.2) is 5.82 Å². The van der Waals surface area contributed by atoms with Gasteiger partial charge in [0.25, 0.3) is 0 Å². The highest BCUT2D eigenvalue weighted by molar-refractivity contribution is 5.64. The van der Waals surface area contributed by atoms with E-state index in [1.807, 2.05) is 31.2 Å². The number of hydrogen-bond acceptors (Lipinski definition) is 5. The Morgan fingerprint density at radius 1 is 1.03 bits per heavy atom. The Morgan fingerprint density at radius 3 is 2.52 bits per heavy atom. The monoisotopic (exact) mass is 444 g/mol. The molecule has 2 aliphatic rings. The number of nitrogens with zero attached hydrogens (tertiary/aromatic N) is 6. The van der Waals surface area contributed by atoms with Crippen molar-refractivity contribution in [2.45, 2.75) is 44.9 Å². The van der Waals surface area contributed by atoms with E-state index < -0.39 is 17.0 Å². The van der Waals surface area contributed by atoms with Crippen molar-refractivity contribution in [3.05, 3.63) is 83.2 Å². The molecule has 0 aliphatic heterocycles. The van der Waals surface area contributed by atoms with Crippen LogP contribution in [0.3, 0.4) is 0 Å². The second kappa shape index (κ2) is 6.73. The van der Waals surface area contributed by atoms with Crippen LogP contribution in [0.5, 0.6) is 0 Å². The van der Waals surface area contributed by atoms with E-state index in [2.05, 4.69) is 34.1 Å². The number of hydrogen-bond donors (Lipinski definition) is 0. The average molecular weight is 444 g/mol. The van der Waals surface area contributed by atoms with Crippen molar-refractivity contribution >= 4 is 0 Å². The maximum absolute atomic E-state index is 14.4. The lowest BCUT2D eigenvalue weighted by Gasteiger charge is -2.37. The minimum atomic E-state index is -0.640. The van der Waals surface area contributed by atoms with E-state index in [1.54, 1.807) is 11.0 Å². The van der Waals surface area contributed by atoms with Gasteiger partial charge in [0.05, 0.1) is 28.1 Å². The van der Waals surface area contributed by atoms with Gasteiger partial charge in [-0.05, 0) is 67.0 Å². The fraction of sp³-hybridized carbons (Fsp3) is 0.320. The van der Waals surface area contributed by atoms with Gasteiger partial charge in [-0.2, -0.15) is 10.2 Å². The maximum atomic E-state index is 14.4. The lowest BCUT2D eigenvalue weighted by Crippen LogP contribution is -2.38. The highest BCUT2D eigenvalue weighted by Crippen LogP contribution is 2.69. The molecule has 0 spiro atoms. The molecule has 4 aromatic rings. The molecule has 6 rings (SSSR count). The van der Waals surface area contributed by atoms with Crippen molar-refractivity contribution in [2.24, 2.45) is 5.41 Å². The third kappa shape index (κ3) is 2.60. The van der Waals surface area contributed by atoms with E-state index >= 15 is 0 Å². The van der Waals surface area contributed by atoms with Crippen LogP contribution in [0.4, 0.5) is 8.78 Å². The molecule has 6 nitrogen and oxygen atoms in total. The van der Waals surface area contributed by atoms with Crippen LogP contribution in [0.2, 0.25) is 0 Å². The van der Waals surface area contributed by atoms with E-state index in [1.165, 1.54) is 18.2 Å². The summed E-state index contributed by atoms with van der Waals surface area (Å²) in [6.45, 7) is 6.29. The van der Waals surface area contributed by atoms with Crippen molar-refractivity contribution in [3.63, 3.8) is 0 Å². The first-order chi connectivity index (χ1) is 15.8. The standard InChI is InChI=1S/C25H22F2N6/c1-14-28-13-33(32-14)21-9-5-8-20(29-21)25-11-10-16(24(25,2)3)15-12-19(30-31-23(15)25)22-17(26)6-4-7-18(22)27/h4-9,12-13,16H,10-11H2,1-3H3/t16-,25+/m0/s1. The van der Waals surface area contributed by atoms with E-state index in [0.717, 1.165) is 29.8 Å². The van der Waals surface area contributed by atoms with Gasteiger partial charge in [0.2, 0.25) is 0 Å². The van der Waals surface area contributed by atoms with Crippen LogP contribution >= 0.6 is 0 Å². The molecule has 1 saturated carbocycles. The molecule has 0 N–H and O–H groups in total. The van der Waals surface area contributed by atoms with Crippen molar-refractivity contribution in [1.82, 2.24) is 29.9 Å². The lowest BCUT2D eigenvalue weighted by atomic mass is 9.66. The van der Waals surface area contributed by atoms with E-state index in [9.17, 15) is 8.78 Å². The summed E-state index contributed by atoms with van der Waals surface area (Å²) in [6.07, 6.45) is 3.48. The first-order valence-electron chi connectivity index (χ1n) is 11.0. The SMILES string of the molecule is Cc1ncn(-c2cccc([C@]34CC[C@@H](c5cc(-c6c(F)cccc6F)nnc53)C4(C)C)n2)n1. The molecule has 8 heteroatoms. The third-order valence-electron chi connectivity index (χ3n) is 7.61. The van der Waals surface area contributed by atoms with Gasteiger partial charge >= 0.3 is 0 Å². The summed E-state index contributed by atoms with van der Waals surface area (Å²) in [6, 6.07) is 11.6. The van der Waals surface area contributed by atoms with Gasteiger partial charge < -0.3 is 0 Å². The fourth-order valence-corrected chi connectivity index (χ4v) is 6.00. The minimum Gasteiger partial charge on any atom is -0.233 e. The zero-order valence-electron chi connectivity index (χ0n) is 18.5. The van der Waals surface area contributed by atoms with Gasteiger partial charge in [-0.15, -0.1) is 5.10 Å². The predicted octanol–water partition coefficient (Wildman–Crippen LogP) is 4.91. The fourth-order valence-electron chi connectivity index (χ4n) is 6.00. The number of pyridine rings is 1. The number of aryl methyl sites for hydroxylation is 1. The molecular weight excluding hydrogens is 422 g/mol. The van der Waals surface area contributed by atoms with Crippen molar-refractivity contribution in [1.29, 1.82) is 0 Å². The minimum absolute atomic E-state index is 0.135. The van der Waals surface area contributed by atoms with Crippen LogP contribution < -0.4 is 0 Å². The number of fused-ring (bicyclic) bond motifs is 5. The van der Waals surface area contributed by atoms with Crippen molar-refractivity contribution in [3.8, 4) is 17.1 Å². The second-order valence-corrected chi connectivity index (χ2v) is 9.47. The molecule has 2 aliphatic carbocycles. The summed E-state index contributed by atoms with van der Waals surface area (Å²) in [5, 5.41) is 13.3. The summed E-state index contributed by atoms with van der Waals surface area (Å²) in [7, 11) is 0. The van der Waals surface area contributed by atoms with Crippen LogP contribution in [-0.4, -0.2) is 29.9 Å². The van der Waals surface area contributed by atoms with E-state index in [-0.39, 0.29) is 22.6 Å². The Balaban J connectivity index is 1.53. The van der Waals surface area contributed by atoms with Crippen LogP contribution in [-0.2, 0) is 5.41 Å². The molecule has 0 radical (unpaired) electrons. The number of benzene rings is 1. The van der Waals surface area contributed by atoms with Crippen LogP contribution in [0.25, 0.3) is 17.1 Å². The Kier molecular flexibility index (Phi) is 4.09. The van der Waals surface area contributed by atoms with Crippen LogP contribution in [0, 0.1) is 24.0 Å². The zero-order valence-corrected chi connectivity index (χ0v) is 18.5. The molecule has 33 heavy (non-hydrogen) atoms. The van der Waals surface area contributed by atoms with Crippen LogP contribution in [0.1, 0.15) is 55.4 Å². The molecule has 0 unspecified atom stereocenters. The lowest BCUT2D eigenvalue weighted by molar-refractivity contribution is 0.242. The molecule has 1 fully saturated rings.